The van der Waals surface area contributed by atoms with E-state index in [1.54, 1.807) is 11.9 Å². The largest absolute Gasteiger partial charge is 0.485 e. The van der Waals surface area contributed by atoms with Crippen molar-refractivity contribution in [2.24, 2.45) is 0 Å². The topological polar surface area (TPSA) is 56.6 Å². The van der Waals surface area contributed by atoms with Gasteiger partial charge in [0.05, 0.1) is 11.4 Å². The van der Waals surface area contributed by atoms with Gasteiger partial charge in [0.15, 0.2) is 11.5 Å². The predicted octanol–water partition coefficient (Wildman–Crippen LogP) is 4.34. The van der Waals surface area contributed by atoms with Gasteiger partial charge < -0.3 is 14.4 Å². The summed E-state index contributed by atoms with van der Waals surface area (Å²) in [4.78, 5) is 14.8. The first-order valence-electron chi connectivity index (χ1n) is 10.5. The van der Waals surface area contributed by atoms with E-state index in [1.165, 1.54) is 0 Å². The number of para-hydroxylation sites is 3. The third-order valence-electron chi connectivity index (χ3n) is 5.43. The summed E-state index contributed by atoms with van der Waals surface area (Å²) in [5.74, 6) is 1.12. The Hall–Kier alpha value is -4.06. The van der Waals surface area contributed by atoms with Crippen molar-refractivity contribution in [2.75, 3.05) is 13.7 Å². The van der Waals surface area contributed by atoms with Gasteiger partial charge in [0.2, 0.25) is 6.10 Å². The van der Waals surface area contributed by atoms with Crippen LogP contribution in [0.5, 0.6) is 11.5 Å². The van der Waals surface area contributed by atoms with Gasteiger partial charge in [0.25, 0.3) is 5.91 Å². The molecule has 3 aromatic carbocycles. The summed E-state index contributed by atoms with van der Waals surface area (Å²) in [6, 6.07) is 27.3. The molecule has 1 aliphatic rings. The fourth-order valence-electron chi connectivity index (χ4n) is 3.80. The van der Waals surface area contributed by atoms with Crippen LogP contribution in [0.3, 0.4) is 0 Å². The second kappa shape index (κ2) is 8.59. The second-order valence-corrected chi connectivity index (χ2v) is 7.71. The zero-order chi connectivity index (χ0) is 21.9. The average Bonchev–Trinajstić information content (AvgIpc) is 3.28. The number of fused-ring (bicyclic) bond motifs is 1. The molecular weight excluding hydrogens is 402 g/mol. The van der Waals surface area contributed by atoms with Crippen LogP contribution < -0.4 is 9.47 Å². The molecule has 6 heteroatoms. The number of benzene rings is 3. The molecule has 1 aliphatic heterocycles. The van der Waals surface area contributed by atoms with Gasteiger partial charge in [-0.05, 0) is 24.3 Å². The highest BCUT2D eigenvalue weighted by Gasteiger charge is 2.30. The lowest BCUT2D eigenvalue weighted by molar-refractivity contribution is -0.140. The number of nitrogens with zero attached hydrogens (tertiary/aromatic N) is 3. The SMILES string of the molecule is CN(Cc1cn(-c2ccccc2)nc1-c1ccccc1)C(=O)C1COc2ccccc2O1. The van der Waals surface area contributed by atoms with E-state index in [-0.39, 0.29) is 12.5 Å². The Morgan fingerprint density at radius 3 is 2.38 bits per heavy atom. The van der Waals surface area contributed by atoms with Crippen LogP contribution in [0.15, 0.2) is 91.1 Å². The lowest BCUT2D eigenvalue weighted by atomic mass is 10.1. The lowest BCUT2D eigenvalue weighted by Crippen LogP contribution is -2.44. The minimum Gasteiger partial charge on any atom is -0.485 e. The molecule has 1 atom stereocenters. The molecule has 0 N–H and O–H groups in total. The first kappa shape index (κ1) is 19.9. The van der Waals surface area contributed by atoms with Crippen LogP contribution in [0.25, 0.3) is 16.9 Å². The van der Waals surface area contributed by atoms with Gasteiger partial charge in [-0.2, -0.15) is 5.10 Å². The van der Waals surface area contributed by atoms with E-state index >= 15 is 0 Å². The molecule has 2 heterocycles. The fraction of sp³-hybridized carbons (Fsp3) is 0.154. The fourth-order valence-corrected chi connectivity index (χ4v) is 3.80. The van der Waals surface area contributed by atoms with Crippen LogP contribution in [0.1, 0.15) is 5.56 Å². The van der Waals surface area contributed by atoms with Crippen molar-refractivity contribution in [1.82, 2.24) is 14.7 Å². The number of carbonyl (C=O) groups is 1. The summed E-state index contributed by atoms with van der Waals surface area (Å²) >= 11 is 0. The zero-order valence-electron chi connectivity index (χ0n) is 17.7. The molecule has 0 fully saturated rings. The summed E-state index contributed by atoms with van der Waals surface area (Å²) in [5.41, 5.74) is 3.77. The van der Waals surface area contributed by atoms with E-state index in [0.29, 0.717) is 18.0 Å². The highest BCUT2D eigenvalue weighted by Crippen LogP contribution is 2.31. The van der Waals surface area contributed by atoms with Crippen LogP contribution in [0.2, 0.25) is 0 Å². The Morgan fingerprint density at radius 2 is 1.62 bits per heavy atom. The number of ether oxygens (including phenoxy) is 2. The molecule has 6 nitrogen and oxygen atoms in total. The van der Waals surface area contributed by atoms with Crippen molar-refractivity contribution < 1.29 is 14.3 Å². The molecule has 1 aromatic heterocycles. The van der Waals surface area contributed by atoms with E-state index in [0.717, 1.165) is 22.5 Å². The molecule has 160 valence electrons. The maximum Gasteiger partial charge on any atom is 0.267 e. The highest BCUT2D eigenvalue weighted by molar-refractivity contribution is 5.82. The number of aromatic nitrogens is 2. The number of carbonyl (C=O) groups excluding carboxylic acids is 1. The Morgan fingerprint density at radius 1 is 0.969 bits per heavy atom. The van der Waals surface area contributed by atoms with Crippen molar-refractivity contribution >= 4 is 5.91 Å². The van der Waals surface area contributed by atoms with Crippen LogP contribution in [-0.2, 0) is 11.3 Å². The third-order valence-corrected chi connectivity index (χ3v) is 5.43. The summed E-state index contributed by atoms with van der Waals surface area (Å²) < 4.78 is 13.5. The molecular formula is C26H23N3O3. The third kappa shape index (κ3) is 3.95. The molecule has 0 saturated carbocycles. The van der Waals surface area contributed by atoms with Gasteiger partial charge in [-0.3, -0.25) is 4.79 Å². The summed E-state index contributed by atoms with van der Waals surface area (Å²) in [6.07, 6.45) is 1.30. The molecule has 5 rings (SSSR count). The van der Waals surface area contributed by atoms with E-state index in [1.807, 2.05) is 95.8 Å². The van der Waals surface area contributed by atoms with Crippen molar-refractivity contribution in [3.8, 4) is 28.4 Å². The normalized spacial score (nSPS) is 14.7. The summed E-state index contributed by atoms with van der Waals surface area (Å²) in [5, 5.41) is 4.83. The van der Waals surface area contributed by atoms with Crippen LogP contribution in [0, 0.1) is 0 Å². The van der Waals surface area contributed by atoms with Gasteiger partial charge in [-0.25, -0.2) is 4.68 Å². The van der Waals surface area contributed by atoms with Gasteiger partial charge in [0.1, 0.15) is 6.61 Å². The zero-order valence-corrected chi connectivity index (χ0v) is 17.7. The minimum absolute atomic E-state index is 0.133. The number of likely N-dealkylation sites (N-methyl/N-ethyl adjacent to an activating group) is 1. The Kier molecular flexibility index (Phi) is 5.34. The predicted molar refractivity (Wildman–Crippen MR) is 122 cm³/mol. The van der Waals surface area contributed by atoms with Gasteiger partial charge in [-0.15, -0.1) is 0 Å². The first-order valence-corrected chi connectivity index (χ1v) is 10.5. The molecule has 0 saturated heterocycles. The maximum absolute atomic E-state index is 13.1. The number of amides is 1. The molecule has 0 bridgehead atoms. The molecule has 0 spiro atoms. The molecule has 32 heavy (non-hydrogen) atoms. The Bertz CT molecular complexity index is 1220. The molecule has 0 radical (unpaired) electrons. The monoisotopic (exact) mass is 425 g/mol. The quantitative estimate of drug-likeness (QED) is 0.477. The second-order valence-electron chi connectivity index (χ2n) is 7.71. The number of rotatable bonds is 5. The lowest BCUT2D eigenvalue weighted by Gasteiger charge is -2.28. The highest BCUT2D eigenvalue weighted by atomic mass is 16.6. The van der Waals surface area contributed by atoms with Gasteiger partial charge >= 0.3 is 0 Å². The van der Waals surface area contributed by atoms with Crippen molar-refractivity contribution in [3.63, 3.8) is 0 Å². The minimum atomic E-state index is -0.681. The van der Waals surface area contributed by atoms with E-state index < -0.39 is 6.10 Å². The number of hydrogen-bond donors (Lipinski definition) is 0. The molecule has 4 aromatic rings. The smallest absolute Gasteiger partial charge is 0.267 e. The van der Waals surface area contributed by atoms with Gasteiger partial charge in [0, 0.05) is 30.9 Å². The van der Waals surface area contributed by atoms with Crippen LogP contribution in [0.4, 0.5) is 0 Å². The van der Waals surface area contributed by atoms with Crippen molar-refractivity contribution in [2.45, 2.75) is 12.6 Å². The van der Waals surface area contributed by atoms with Gasteiger partial charge in [-0.1, -0.05) is 60.7 Å². The molecule has 1 unspecified atom stereocenters. The van der Waals surface area contributed by atoms with E-state index in [2.05, 4.69) is 0 Å². The average molecular weight is 425 g/mol. The summed E-state index contributed by atoms with van der Waals surface area (Å²) in [7, 11) is 1.78. The number of hydrogen-bond acceptors (Lipinski definition) is 4. The van der Waals surface area contributed by atoms with E-state index in [9.17, 15) is 4.79 Å². The van der Waals surface area contributed by atoms with Crippen molar-refractivity contribution in [3.05, 3.63) is 96.7 Å². The van der Waals surface area contributed by atoms with Crippen molar-refractivity contribution in [1.29, 1.82) is 0 Å². The van der Waals surface area contributed by atoms with Crippen LogP contribution in [-0.4, -0.2) is 40.3 Å². The Labute approximate surface area is 186 Å². The molecule has 1 amide bonds. The molecule has 0 aliphatic carbocycles. The maximum atomic E-state index is 13.1. The van der Waals surface area contributed by atoms with E-state index in [4.69, 9.17) is 14.6 Å². The first-order chi connectivity index (χ1) is 15.7. The summed E-state index contributed by atoms with van der Waals surface area (Å²) in [6.45, 7) is 0.590. The standard InChI is InChI=1S/C26H23N3O3/c1-28(26(30)24-18-31-22-14-8-9-15-23(22)32-24)16-20-17-29(21-12-6-3-7-13-21)27-25(20)19-10-4-2-5-11-19/h2-15,17,24H,16,18H2,1H3. The van der Waals surface area contributed by atoms with Crippen LogP contribution >= 0.6 is 0 Å². The Balaban J connectivity index is 1.40.